The predicted molar refractivity (Wildman–Crippen MR) is 113 cm³/mol. The van der Waals surface area contributed by atoms with E-state index in [1.54, 1.807) is 23.2 Å². The SMILES string of the molecule is CC.COC(=O)C(N)Cc1cn(CC(=O)OC(C)(C)C)c2ncncc12.CS. The van der Waals surface area contributed by atoms with Crippen molar-refractivity contribution in [1.29, 1.82) is 0 Å². The van der Waals surface area contributed by atoms with Crippen LogP contribution in [0.15, 0.2) is 18.7 Å². The molecule has 2 N–H and O–H groups in total. The number of thiol groups is 1. The van der Waals surface area contributed by atoms with E-state index in [-0.39, 0.29) is 18.9 Å². The van der Waals surface area contributed by atoms with Crippen LogP contribution in [-0.2, 0) is 32.0 Å². The third-order valence-corrected chi connectivity index (χ3v) is 3.28. The minimum Gasteiger partial charge on any atom is -0.468 e. The molecule has 158 valence electrons. The number of nitrogens with two attached hydrogens (primary N) is 1. The summed E-state index contributed by atoms with van der Waals surface area (Å²) in [6, 6.07) is -0.796. The van der Waals surface area contributed by atoms with Gasteiger partial charge in [-0.2, -0.15) is 12.6 Å². The van der Waals surface area contributed by atoms with E-state index in [0.29, 0.717) is 5.65 Å². The normalized spacial score (nSPS) is 11.5. The zero-order valence-electron chi connectivity index (χ0n) is 17.7. The maximum atomic E-state index is 12.1. The highest BCUT2D eigenvalue weighted by Gasteiger charge is 2.21. The lowest BCUT2D eigenvalue weighted by atomic mass is 10.1. The Bertz CT molecular complexity index is 756. The van der Waals surface area contributed by atoms with Crippen LogP contribution in [0, 0.1) is 0 Å². The van der Waals surface area contributed by atoms with Gasteiger partial charge in [0.2, 0.25) is 0 Å². The van der Waals surface area contributed by atoms with Gasteiger partial charge in [0, 0.05) is 24.2 Å². The van der Waals surface area contributed by atoms with E-state index in [1.165, 1.54) is 13.4 Å². The molecule has 0 aromatic carbocycles. The van der Waals surface area contributed by atoms with E-state index in [4.69, 9.17) is 10.5 Å². The van der Waals surface area contributed by atoms with Crippen molar-refractivity contribution in [2.24, 2.45) is 5.73 Å². The Hall–Kier alpha value is -2.13. The predicted octanol–water partition coefficient (Wildman–Crippen LogP) is 2.39. The lowest BCUT2D eigenvalue weighted by Gasteiger charge is -2.19. The standard InChI is InChI=1S/C16H22N4O4.C2H6.CH4S/c1-16(2,3)24-13(21)8-20-7-10(5-12(17)15(22)23-4)11-6-18-9-19-14(11)20;2*1-2/h6-7,9,12H,5,8,17H2,1-4H3;1-2H3;2H,1H3. The van der Waals surface area contributed by atoms with Crippen molar-refractivity contribution in [1.82, 2.24) is 14.5 Å². The van der Waals surface area contributed by atoms with Gasteiger partial charge >= 0.3 is 11.9 Å². The monoisotopic (exact) mass is 412 g/mol. The largest absolute Gasteiger partial charge is 0.468 e. The number of ether oxygens (including phenoxy) is 2. The summed E-state index contributed by atoms with van der Waals surface area (Å²) in [5, 5.41) is 0.736. The van der Waals surface area contributed by atoms with Gasteiger partial charge in [-0.3, -0.25) is 9.59 Å². The van der Waals surface area contributed by atoms with Crippen molar-refractivity contribution in [3.63, 3.8) is 0 Å². The van der Waals surface area contributed by atoms with Crippen molar-refractivity contribution in [2.45, 2.75) is 59.2 Å². The van der Waals surface area contributed by atoms with E-state index >= 15 is 0 Å². The van der Waals surface area contributed by atoms with Crippen LogP contribution in [0.25, 0.3) is 11.0 Å². The molecule has 1 atom stereocenters. The summed E-state index contributed by atoms with van der Waals surface area (Å²) < 4.78 is 11.7. The van der Waals surface area contributed by atoms with E-state index in [0.717, 1.165) is 10.9 Å². The number of carbonyl (C=O) groups is 2. The third-order valence-electron chi connectivity index (χ3n) is 3.28. The Morgan fingerprint density at radius 3 is 2.43 bits per heavy atom. The lowest BCUT2D eigenvalue weighted by molar-refractivity contribution is -0.155. The minimum absolute atomic E-state index is 0.0121. The van der Waals surface area contributed by atoms with E-state index < -0.39 is 17.6 Å². The van der Waals surface area contributed by atoms with Gasteiger partial charge < -0.3 is 19.8 Å². The number of hydrogen-bond donors (Lipinski definition) is 2. The molecule has 28 heavy (non-hydrogen) atoms. The first kappa shape index (κ1) is 25.9. The van der Waals surface area contributed by atoms with Gasteiger partial charge in [0.1, 0.15) is 30.2 Å². The Kier molecular flexibility index (Phi) is 11.4. The van der Waals surface area contributed by atoms with Crippen LogP contribution in [-0.4, -0.2) is 51.5 Å². The first-order valence-corrected chi connectivity index (χ1v) is 9.88. The summed E-state index contributed by atoms with van der Waals surface area (Å²) in [6.45, 7) is 9.43. The Morgan fingerprint density at radius 1 is 1.29 bits per heavy atom. The van der Waals surface area contributed by atoms with Crippen LogP contribution >= 0.6 is 12.6 Å². The van der Waals surface area contributed by atoms with E-state index in [2.05, 4.69) is 27.3 Å². The smallest absolute Gasteiger partial charge is 0.326 e. The van der Waals surface area contributed by atoms with Crippen LogP contribution in [0.1, 0.15) is 40.2 Å². The van der Waals surface area contributed by atoms with Crippen molar-refractivity contribution >= 4 is 35.6 Å². The summed E-state index contributed by atoms with van der Waals surface area (Å²) in [5.74, 6) is -0.873. The highest BCUT2D eigenvalue weighted by Crippen LogP contribution is 2.20. The lowest BCUT2D eigenvalue weighted by Crippen LogP contribution is -2.33. The van der Waals surface area contributed by atoms with Gasteiger partial charge in [0.25, 0.3) is 0 Å². The first-order valence-electron chi connectivity index (χ1n) is 8.99. The molecule has 1 unspecified atom stereocenters. The Balaban J connectivity index is 0.00000171. The summed E-state index contributed by atoms with van der Waals surface area (Å²) in [6.07, 6.45) is 6.73. The highest BCUT2D eigenvalue weighted by molar-refractivity contribution is 7.79. The second kappa shape index (κ2) is 12.4. The fourth-order valence-corrected chi connectivity index (χ4v) is 2.37. The summed E-state index contributed by atoms with van der Waals surface area (Å²) in [7, 11) is 1.29. The van der Waals surface area contributed by atoms with Gasteiger partial charge in [-0.15, -0.1) is 0 Å². The van der Waals surface area contributed by atoms with Gasteiger partial charge in [-0.05, 0) is 32.6 Å². The maximum absolute atomic E-state index is 12.1. The molecule has 8 nitrogen and oxygen atoms in total. The van der Waals surface area contributed by atoms with Gasteiger partial charge in [0.05, 0.1) is 7.11 Å². The van der Waals surface area contributed by atoms with Crippen molar-refractivity contribution in [3.05, 3.63) is 24.3 Å². The fourth-order valence-electron chi connectivity index (χ4n) is 2.37. The molecule has 0 saturated heterocycles. The quantitative estimate of drug-likeness (QED) is 0.573. The Labute approximate surface area is 172 Å². The molecule has 2 heterocycles. The number of carbonyl (C=O) groups excluding carboxylic acids is 2. The van der Waals surface area contributed by atoms with Gasteiger partial charge in [-0.1, -0.05) is 13.8 Å². The molecular weight excluding hydrogens is 380 g/mol. The molecule has 2 rings (SSSR count). The fraction of sp³-hybridized carbons (Fsp3) is 0.579. The summed E-state index contributed by atoms with van der Waals surface area (Å²) in [4.78, 5) is 31.8. The summed E-state index contributed by atoms with van der Waals surface area (Å²) >= 11 is 3.53. The number of fused-ring (bicyclic) bond motifs is 1. The van der Waals surface area contributed by atoms with Crippen LogP contribution in [0.2, 0.25) is 0 Å². The summed E-state index contributed by atoms with van der Waals surface area (Å²) in [5.41, 5.74) is 6.62. The average Bonchev–Trinajstić information content (AvgIpc) is 3.00. The Morgan fingerprint density at radius 2 is 1.89 bits per heavy atom. The molecule has 0 fully saturated rings. The zero-order valence-corrected chi connectivity index (χ0v) is 18.6. The minimum atomic E-state index is -0.796. The van der Waals surface area contributed by atoms with Crippen LogP contribution in [0.3, 0.4) is 0 Å². The number of esters is 2. The molecule has 0 amide bonds. The molecule has 0 aliphatic rings. The molecule has 0 spiro atoms. The van der Waals surface area contributed by atoms with E-state index in [9.17, 15) is 9.59 Å². The molecule has 2 aromatic heterocycles. The molecule has 9 heteroatoms. The molecule has 0 aliphatic heterocycles. The van der Waals surface area contributed by atoms with E-state index in [1.807, 2.05) is 34.6 Å². The topological polar surface area (TPSA) is 109 Å². The molecule has 0 aliphatic carbocycles. The first-order chi connectivity index (χ1) is 13.2. The van der Waals surface area contributed by atoms with Gasteiger partial charge in [-0.25, -0.2) is 9.97 Å². The zero-order chi connectivity index (χ0) is 21.9. The van der Waals surface area contributed by atoms with Crippen LogP contribution in [0.4, 0.5) is 0 Å². The molecule has 0 bridgehead atoms. The maximum Gasteiger partial charge on any atom is 0.326 e. The number of methoxy groups -OCH3 is 1. The molecule has 0 radical (unpaired) electrons. The molecule has 2 aromatic rings. The highest BCUT2D eigenvalue weighted by atomic mass is 32.1. The third kappa shape index (κ3) is 7.85. The van der Waals surface area contributed by atoms with Crippen LogP contribution in [0.5, 0.6) is 0 Å². The van der Waals surface area contributed by atoms with Crippen LogP contribution < -0.4 is 5.73 Å². The number of nitrogens with zero attached hydrogens (tertiary/aromatic N) is 3. The van der Waals surface area contributed by atoms with Crippen molar-refractivity contribution < 1.29 is 19.1 Å². The molecule has 0 saturated carbocycles. The van der Waals surface area contributed by atoms with Crippen molar-refractivity contribution in [3.8, 4) is 0 Å². The number of hydrogen-bond acceptors (Lipinski definition) is 8. The second-order valence-electron chi connectivity index (χ2n) is 6.46. The second-order valence-corrected chi connectivity index (χ2v) is 6.46. The average molecular weight is 413 g/mol. The van der Waals surface area contributed by atoms with Gasteiger partial charge in [0.15, 0.2) is 0 Å². The van der Waals surface area contributed by atoms with Crippen molar-refractivity contribution in [2.75, 3.05) is 13.4 Å². The number of aromatic nitrogens is 3. The number of rotatable bonds is 5. The molecular formula is C19H32N4O4S.